The maximum Gasteiger partial charge on any atom is 0.238 e. The van der Waals surface area contributed by atoms with Gasteiger partial charge in [0, 0.05) is 5.56 Å². The average Bonchev–Trinajstić information content (AvgIpc) is 2.98. The zero-order valence-corrected chi connectivity index (χ0v) is 11.7. The fourth-order valence-corrected chi connectivity index (χ4v) is 2.14. The highest BCUT2D eigenvalue weighted by Crippen LogP contribution is 2.26. The first-order valence-corrected chi connectivity index (χ1v) is 6.74. The van der Waals surface area contributed by atoms with Gasteiger partial charge >= 0.3 is 0 Å². The molecule has 1 aromatic heterocycles. The minimum Gasteiger partial charge on any atom is -0.435 e. The minimum atomic E-state index is -0.314. The van der Waals surface area contributed by atoms with Gasteiger partial charge in [-0.25, -0.2) is 9.37 Å². The largest absolute Gasteiger partial charge is 0.435 e. The van der Waals surface area contributed by atoms with E-state index in [9.17, 15) is 4.39 Å². The number of nitrogens with zero attached hydrogens (tertiary/aromatic N) is 1. The van der Waals surface area contributed by atoms with Gasteiger partial charge in [-0.2, -0.15) is 0 Å². The number of hydrogen-bond acceptors (Lipinski definition) is 2. The Balaban J connectivity index is 1.89. The molecule has 0 radical (unpaired) electrons. The second-order valence-electron chi connectivity index (χ2n) is 4.44. The summed E-state index contributed by atoms with van der Waals surface area (Å²) in [6, 6.07) is 15.8. The lowest BCUT2D eigenvalue weighted by Crippen LogP contribution is -1.79. The monoisotopic (exact) mass is 299 g/mol. The van der Waals surface area contributed by atoms with E-state index in [2.05, 4.69) is 4.98 Å². The summed E-state index contributed by atoms with van der Waals surface area (Å²) in [7, 11) is 0. The Morgan fingerprint density at radius 3 is 2.67 bits per heavy atom. The van der Waals surface area contributed by atoms with Gasteiger partial charge in [0.2, 0.25) is 5.89 Å². The van der Waals surface area contributed by atoms with Crippen molar-refractivity contribution in [1.82, 2.24) is 4.98 Å². The van der Waals surface area contributed by atoms with Crippen LogP contribution in [0.15, 0.2) is 65.2 Å². The summed E-state index contributed by atoms with van der Waals surface area (Å²) in [6.45, 7) is 0. The van der Waals surface area contributed by atoms with Crippen molar-refractivity contribution in [2.75, 3.05) is 0 Å². The van der Waals surface area contributed by atoms with Gasteiger partial charge in [0.1, 0.15) is 10.8 Å². The molecular formula is C17H11ClFNO. The Hall–Kier alpha value is -2.39. The van der Waals surface area contributed by atoms with Crippen molar-refractivity contribution >= 4 is 22.7 Å². The number of benzene rings is 2. The predicted molar refractivity (Wildman–Crippen MR) is 82.1 cm³/mol. The van der Waals surface area contributed by atoms with E-state index in [1.165, 1.54) is 12.1 Å². The van der Waals surface area contributed by atoms with E-state index < -0.39 is 0 Å². The summed E-state index contributed by atoms with van der Waals surface area (Å²) in [5.74, 6) is 0.627. The molecule has 0 amide bonds. The van der Waals surface area contributed by atoms with E-state index in [4.69, 9.17) is 16.0 Å². The Morgan fingerprint density at radius 1 is 1.10 bits per heavy atom. The normalized spacial score (nSPS) is 11.6. The lowest BCUT2D eigenvalue weighted by Gasteiger charge is -1.96. The Kier molecular flexibility index (Phi) is 3.84. The van der Waals surface area contributed by atoms with E-state index in [0.717, 1.165) is 5.56 Å². The van der Waals surface area contributed by atoms with Crippen LogP contribution in [0.5, 0.6) is 0 Å². The second-order valence-corrected chi connectivity index (χ2v) is 4.85. The maximum absolute atomic E-state index is 13.1. The SMILES string of the molecule is Fc1cccc(/C=C(\Cl)c2ncc(-c3ccccc3)o2)c1. The molecule has 0 aliphatic heterocycles. The average molecular weight is 300 g/mol. The molecule has 3 aromatic rings. The quantitative estimate of drug-likeness (QED) is 0.663. The molecule has 21 heavy (non-hydrogen) atoms. The molecule has 3 rings (SSSR count). The second kappa shape index (κ2) is 5.94. The molecule has 0 fully saturated rings. The van der Waals surface area contributed by atoms with Crippen molar-refractivity contribution < 1.29 is 8.81 Å². The Labute approximate surface area is 126 Å². The Morgan fingerprint density at radius 2 is 1.90 bits per heavy atom. The third-order valence-corrected chi connectivity index (χ3v) is 3.18. The van der Waals surface area contributed by atoms with Gasteiger partial charge in [0.05, 0.1) is 6.20 Å². The molecule has 4 heteroatoms. The van der Waals surface area contributed by atoms with E-state index in [1.807, 2.05) is 30.3 Å². The van der Waals surface area contributed by atoms with Crippen molar-refractivity contribution in [1.29, 1.82) is 0 Å². The number of oxazole rings is 1. The highest BCUT2D eigenvalue weighted by atomic mass is 35.5. The molecule has 1 heterocycles. The van der Waals surface area contributed by atoms with Crippen LogP contribution in [-0.2, 0) is 0 Å². The van der Waals surface area contributed by atoms with Gasteiger partial charge in [-0.15, -0.1) is 0 Å². The van der Waals surface area contributed by atoms with Crippen LogP contribution in [0, 0.1) is 5.82 Å². The van der Waals surface area contributed by atoms with Crippen LogP contribution in [0.25, 0.3) is 22.4 Å². The maximum atomic E-state index is 13.1. The number of hydrogen-bond donors (Lipinski definition) is 0. The summed E-state index contributed by atoms with van der Waals surface area (Å²) in [6.07, 6.45) is 3.23. The molecule has 0 spiro atoms. The first-order valence-electron chi connectivity index (χ1n) is 6.37. The molecule has 0 atom stereocenters. The summed E-state index contributed by atoms with van der Waals surface area (Å²) < 4.78 is 18.8. The van der Waals surface area contributed by atoms with Crippen LogP contribution in [0.3, 0.4) is 0 Å². The molecule has 0 bridgehead atoms. The molecule has 0 unspecified atom stereocenters. The highest BCUT2D eigenvalue weighted by molar-refractivity contribution is 6.50. The van der Waals surface area contributed by atoms with Gasteiger partial charge < -0.3 is 4.42 Å². The smallest absolute Gasteiger partial charge is 0.238 e. The van der Waals surface area contributed by atoms with Gasteiger partial charge in [0.15, 0.2) is 5.76 Å². The fraction of sp³-hybridized carbons (Fsp3) is 0. The minimum absolute atomic E-state index is 0.305. The zero-order chi connectivity index (χ0) is 14.7. The summed E-state index contributed by atoms with van der Waals surface area (Å²) in [5, 5.41) is 0.322. The lowest BCUT2D eigenvalue weighted by atomic mass is 10.2. The molecule has 0 saturated carbocycles. The van der Waals surface area contributed by atoms with Crippen LogP contribution in [0.1, 0.15) is 11.5 Å². The van der Waals surface area contributed by atoms with E-state index in [1.54, 1.807) is 24.4 Å². The molecule has 2 nitrogen and oxygen atoms in total. The molecule has 0 aliphatic carbocycles. The zero-order valence-electron chi connectivity index (χ0n) is 11.0. The van der Waals surface area contributed by atoms with Crippen molar-refractivity contribution in [3.05, 3.63) is 78.1 Å². The van der Waals surface area contributed by atoms with Crippen LogP contribution in [0.2, 0.25) is 0 Å². The van der Waals surface area contributed by atoms with Crippen LogP contribution in [0.4, 0.5) is 4.39 Å². The topological polar surface area (TPSA) is 26.0 Å². The van der Waals surface area contributed by atoms with Gasteiger partial charge in [-0.05, 0) is 23.8 Å². The molecule has 0 aliphatic rings. The fourth-order valence-electron chi connectivity index (χ4n) is 1.92. The standard InChI is InChI=1S/C17H11ClFNO/c18-15(10-12-5-4-8-14(19)9-12)17-20-11-16(21-17)13-6-2-1-3-7-13/h1-11H/b15-10-. The van der Waals surface area contributed by atoms with Crippen LogP contribution >= 0.6 is 11.6 Å². The molecule has 0 N–H and O–H groups in total. The van der Waals surface area contributed by atoms with Crippen LogP contribution in [-0.4, -0.2) is 4.98 Å². The summed E-state index contributed by atoms with van der Waals surface area (Å²) in [4.78, 5) is 4.15. The van der Waals surface area contributed by atoms with Gasteiger partial charge in [0.25, 0.3) is 0 Å². The van der Waals surface area contributed by atoms with E-state index in [-0.39, 0.29) is 5.82 Å². The van der Waals surface area contributed by atoms with Crippen molar-refractivity contribution in [2.45, 2.75) is 0 Å². The van der Waals surface area contributed by atoms with Crippen molar-refractivity contribution in [3.8, 4) is 11.3 Å². The highest BCUT2D eigenvalue weighted by Gasteiger charge is 2.09. The van der Waals surface area contributed by atoms with E-state index >= 15 is 0 Å². The third-order valence-electron chi connectivity index (χ3n) is 2.91. The molecule has 0 saturated heterocycles. The first-order chi connectivity index (χ1) is 10.2. The summed E-state index contributed by atoms with van der Waals surface area (Å²) >= 11 is 6.18. The van der Waals surface area contributed by atoms with Crippen LogP contribution < -0.4 is 0 Å². The van der Waals surface area contributed by atoms with E-state index in [0.29, 0.717) is 22.2 Å². The van der Waals surface area contributed by atoms with Gasteiger partial charge in [-0.3, -0.25) is 0 Å². The van der Waals surface area contributed by atoms with Gasteiger partial charge in [-0.1, -0.05) is 54.1 Å². The Bertz CT molecular complexity index is 780. The third kappa shape index (κ3) is 3.20. The molecular weight excluding hydrogens is 289 g/mol. The first kappa shape index (κ1) is 13.6. The number of halogens is 2. The molecule has 2 aromatic carbocycles. The van der Waals surface area contributed by atoms with Crippen molar-refractivity contribution in [3.63, 3.8) is 0 Å². The number of rotatable bonds is 3. The lowest BCUT2D eigenvalue weighted by molar-refractivity contribution is 0.559. The predicted octanol–water partition coefficient (Wildman–Crippen LogP) is 5.22. The van der Waals surface area contributed by atoms with Crippen molar-refractivity contribution in [2.24, 2.45) is 0 Å². The number of aromatic nitrogens is 1. The molecule has 104 valence electrons. The summed E-state index contributed by atoms with van der Waals surface area (Å²) in [5.41, 5.74) is 1.57.